The van der Waals surface area contributed by atoms with E-state index in [-0.39, 0.29) is 5.41 Å². The second-order valence-corrected chi connectivity index (χ2v) is 4.94. The lowest BCUT2D eigenvalue weighted by Crippen LogP contribution is -2.25. The summed E-state index contributed by atoms with van der Waals surface area (Å²) in [6.45, 7) is 6.60. The van der Waals surface area contributed by atoms with E-state index in [0.29, 0.717) is 17.9 Å². The fraction of sp³-hybridized carbons (Fsp3) is 1.00. The summed E-state index contributed by atoms with van der Waals surface area (Å²) < 4.78 is 5.37. The Morgan fingerprint density at radius 1 is 1.50 bits per heavy atom. The fourth-order valence-corrected chi connectivity index (χ4v) is 2.81. The van der Waals surface area contributed by atoms with Crippen molar-refractivity contribution in [2.24, 2.45) is 16.7 Å². The van der Waals surface area contributed by atoms with Crippen molar-refractivity contribution >= 4 is 0 Å². The predicted octanol–water partition coefficient (Wildman–Crippen LogP) is 1.43. The third-order valence-electron chi connectivity index (χ3n) is 3.97. The molecule has 0 aromatic heterocycles. The zero-order valence-corrected chi connectivity index (χ0v) is 7.97. The molecule has 0 spiro atoms. The molecule has 2 atom stereocenters. The summed E-state index contributed by atoms with van der Waals surface area (Å²) in [5.74, 6) is 0.609. The second-order valence-electron chi connectivity index (χ2n) is 4.94. The van der Waals surface area contributed by atoms with Crippen molar-refractivity contribution in [3.8, 4) is 0 Å². The maximum Gasteiger partial charge on any atom is 0.0501 e. The molecule has 2 aliphatic rings. The van der Waals surface area contributed by atoms with Gasteiger partial charge in [-0.1, -0.05) is 13.8 Å². The summed E-state index contributed by atoms with van der Waals surface area (Å²) in [5, 5.41) is 9.40. The molecule has 1 saturated heterocycles. The van der Waals surface area contributed by atoms with E-state index < -0.39 is 0 Å². The maximum absolute atomic E-state index is 9.40. The van der Waals surface area contributed by atoms with E-state index in [1.165, 1.54) is 6.42 Å². The van der Waals surface area contributed by atoms with E-state index in [9.17, 15) is 5.11 Å². The Kier molecular flexibility index (Phi) is 1.74. The standard InChI is InChI=1S/C10H18O2/c1-9(2)6-10(9,7-11)8-3-4-12-5-8/h8,11H,3-7H2,1-2H3. The van der Waals surface area contributed by atoms with Crippen molar-refractivity contribution in [2.75, 3.05) is 19.8 Å². The van der Waals surface area contributed by atoms with Crippen LogP contribution in [0.5, 0.6) is 0 Å². The fourth-order valence-electron chi connectivity index (χ4n) is 2.81. The van der Waals surface area contributed by atoms with Crippen molar-refractivity contribution in [1.29, 1.82) is 0 Å². The molecule has 0 amide bonds. The molecule has 2 heteroatoms. The van der Waals surface area contributed by atoms with Crippen LogP contribution in [0.4, 0.5) is 0 Å². The lowest BCUT2D eigenvalue weighted by atomic mass is 9.83. The highest BCUT2D eigenvalue weighted by Gasteiger charge is 2.64. The van der Waals surface area contributed by atoms with Crippen LogP contribution in [0.3, 0.4) is 0 Å². The molecule has 1 heterocycles. The first-order valence-corrected chi connectivity index (χ1v) is 4.81. The SMILES string of the molecule is CC1(C)CC1(CO)C1CCOC1. The minimum Gasteiger partial charge on any atom is -0.396 e. The van der Waals surface area contributed by atoms with Crippen molar-refractivity contribution in [3.05, 3.63) is 0 Å². The highest BCUT2D eigenvalue weighted by molar-refractivity contribution is 5.12. The zero-order chi connectivity index (χ0) is 8.82. The molecule has 70 valence electrons. The predicted molar refractivity (Wildman–Crippen MR) is 46.8 cm³/mol. The first-order chi connectivity index (χ1) is 5.62. The van der Waals surface area contributed by atoms with Crippen LogP contribution in [0, 0.1) is 16.7 Å². The van der Waals surface area contributed by atoms with E-state index in [0.717, 1.165) is 19.6 Å². The Morgan fingerprint density at radius 2 is 2.17 bits per heavy atom. The van der Waals surface area contributed by atoms with Gasteiger partial charge in [0, 0.05) is 18.6 Å². The van der Waals surface area contributed by atoms with E-state index in [1.54, 1.807) is 0 Å². The molecule has 0 aromatic carbocycles. The normalized spacial score (nSPS) is 44.8. The average molecular weight is 170 g/mol. The minimum atomic E-state index is 0.198. The van der Waals surface area contributed by atoms with Gasteiger partial charge in [-0.25, -0.2) is 0 Å². The minimum absolute atomic E-state index is 0.198. The largest absolute Gasteiger partial charge is 0.396 e. The first-order valence-electron chi connectivity index (χ1n) is 4.81. The van der Waals surface area contributed by atoms with E-state index in [1.807, 2.05) is 0 Å². The smallest absolute Gasteiger partial charge is 0.0501 e. The molecule has 1 aliphatic carbocycles. The van der Waals surface area contributed by atoms with Crippen molar-refractivity contribution in [3.63, 3.8) is 0 Å². The van der Waals surface area contributed by atoms with Crippen molar-refractivity contribution < 1.29 is 9.84 Å². The summed E-state index contributed by atoms with van der Waals surface area (Å²) in [7, 11) is 0. The first kappa shape index (κ1) is 8.52. The molecule has 2 rings (SSSR count). The molecule has 1 N–H and O–H groups in total. The molecular weight excluding hydrogens is 152 g/mol. The Hall–Kier alpha value is -0.0800. The molecular formula is C10H18O2. The summed E-state index contributed by atoms with van der Waals surface area (Å²) >= 11 is 0. The van der Waals surface area contributed by atoms with Crippen molar-refractivity contribution in [2.45, 2.75) is 26.7 Å². The monoisotopic (exact) mass is 170 g/mol. The quantitative estimate of drug-likeness (QED) is 0.679. The van der Waals surface area contributed by atoms with Gasteiger partial charge >= 0.3 is 0 Å². The highest BCUT2D eigenvalue weighted by atomic mass is 16.5. The molecule has 2 nitrogen and oxygen atoms in total. The number of rotatable bonds is 2. The van der Waals surface area contributed by atoms with Crippen LogP contribution < -0.4 is 0 Å². The lowest BCUT2D eigenvalue weighted by Gasteiger charge is -2.23. The van der Waals surface area contributed by atoms with Crippen LogP contribution in [-0.2, 0) is 4.74 Å². The number of aliphatic hydroxyl groups is 1. The molecule has 0 bridgehead atoms. The van der Waals surface area contributed by atoms with Gasteiger partial charge in [0.05, 0.1) is 6.61 Å². The van der Waals surface area contributed by atoms with E-state index in [4.69, 9.17) is 4.74 Å². The molecule has 12 heavy (non-hydrogen) atoms. The van der Waals surface area contributed by atoms with Gasteiger partial charge in [0.2, 0.25) is 0 Å². The van der Waals surface area contributed by atoms with Gasteiger partial charge < -0.3 is 9.84 Å². The molecule has 1 saturated carbocycles. The van der Waals surface area contributed by atoms with Gasteiger partial charge in [-0.2, -0.15) is 0 Å². The second kappa shape index (κ2) is 2.46. The zero-order valence-electron chi connectivity index (χ0n) is 7.97. The summed E-state index contributed by atoms with van der Waals surface area (Å²) in [4.78, 5) is 0. The number of aliphatic hydroxyl groups excluding tert-OH is 1. The Bertz CT molecular complexity index is 182. The molecule has 2 fully saturated rings. The van der Waals surface area contributed by atoms with Crippen molar-refractivity contribution in [1.82, 2.24) is 0 Å². The van der Waals surface area contributed by atoms with Gasteiger partial charge in [0.15, 0.2) is 0 Å². The van der Waals surface area contributed by atoms with E-state index >= 15 is 0 Å². The number of hydrogen-bond donors (Lipinski definition) is 1. The Balaban J connectivity index is 2.09. The molecule has 1 aliphatic heterocycles. The summed E-state index contributed by atoms with van der Waals surface area (Å²) in [6.07, 6.45) is 2.31. The Labute approximate surface area is 73.9 Å². The maximum atomic E-state index is 9.40. The highest BCUT2D eigenvalue weighted by Crippen LogP contribution is 2.68. The topological polar surface area (TPSA) is 29.5 Å². The van der Waals surface area contributed by atoms with Crippen LogP contribution >= 0.6 is 0 Å². The van der Waals surface area contributed by atoms with Crippen LogP contribution in [0.15, 0.2) is 0 Å². The van der Waals surface area contributed by atoms with Crippen LogP contribution in [-0.4, -0.2) is 24.9 Å². The van der Waals surface area contributed by atoms with Gasteiger partial charge in [-0.3, -0.25) is 0 Å². The van der Waals surface area contributed by atoms with E-state index in [2.05, 4.69) is 13.8 Å². The number of hydrogen-bond acceptors (Lipinski definition) is 2. The molecule has 0 aromatic rings. The third kappa shape index (κ3) is 0.944. The van der Waals surface area contributed by atoms with Gasteiger partial charge in [0.1, 0.15) is 0 Å². The third-order valence-corrected chi connectivity index (χ3v) is 3.97. The van der Waals surface area contributed by atoms with Crippen LogP contribution in [0.25, 0.3) is 0 Å². The summed E-state index contributed by atoms with van der Waals surface area (Å²) in [5.41, 5.74) is 0.545. The lowest BCUT2D eigenvalue weighted by molar-refractivity contribution is 0.102. The summed E-state index contributed by atoms with van der Waals surface area (Å²) in [6, 6.07) is 0. The Morgan fingerprint density at radius 3 is 2.50 bits per heavy atom. The molecule has 2 unspecified atom stereocenters. The van der Waals surface area contributed by atoms with Gasteiger partial charge in [-0.05, 0) is 24.2 Å². The average Bonchev–Trinajstić information content (AvgIpc) is 2.52. The van der Waals surface area contributed by atoms with Gasteiger partial charge in [-0.15, -0.1) is 0 Å². The number of ether oxygens (including phenoxy) is 1. The molecule has 0 radical (unpaired) electrons. The van der Waals surface area contributed by atoms with Crippen LogP contribution in [0.1, 0.15) is 26.7 Å². The van der Waals surface area contributed by atoms with Gasteiger partial charge in [0.25, 0.3) is 0 Å². The van der Waals surface area contributed by atoms with Crippen LogP contribution in [0.2, 0.25) is 0 Å².